The first-order valence-corrected chi connectivity index (χ1v) is 7.88. The summed E-state index contributed by atoms with van der Waals surface area (Å²) in [5.74, 6) is 1.29. The first-order chi connectivity index (χ1) is 9.72. The van der Waals surface area contributed by atoms with E-state index in [1.165, 1.54) is 24.9 Å². The van der Waals surface area contributed by atoms with Crippen molar-refractivity contribution in [2.45, 2.75) is 39.0 Å². The summed E-state index contributed by atoms with van der Waals surface area (Å²) in [5, 5.41) is 3.02. The van der Waals surface area contributed by atoms with Gasteiger partial charge in [0.2, 0.25) is 5.91 Å². The van der Waals surface area contributed by atoms with Gasteiger partial charge in [-0.1, -0.05) is 13.3 Å². The van der Waals surface area contributed by atoms with Crippen LogP contribution in [0.25, 0.3) is 0 Å². The van der Waals surface area contributed by atoms with Crippen molar-refractivity contribution in [3.05, 3.63) is 24.3 Å². The van der Waals surface area contributed by atoms with Gasteiger partial charge >= 0.3 is 0 Å². The third-order valence-electron chi connectivity index (χ3n) is 4.76. The van der Waals surface area contributed by atoms with Crippen LogP contribution in [0.15, 0.2) is 24.3 Å². The highest BCUT2D eigenvalue weighted by molar-refractivity contribution is 5.93. The van der Waals surface area contributed by atoms with Crippen molar-refractivity contribution in [2.24, 2.45) is 11.8 Å². The number of nitrogens with zero attached hydrogens (tertiary/aromatic N) is 1. The minimum absolute atomic E-state index is 0.191. The van der Waals surface area contributed by atoms with Gasteiger partial charge in [0.1, 0.15) is 0 Å². The Hall–Kier alpha value is -1.51. The molecule has 3 nitrogen and oxygen atoms in total. The Labute approximate surface area is 121 Å². The molecule has 1 amide bonds. The van der Waals surface area contributed by atoms with Gasteiger partial charge in [0.25, 0.3) is 0 Å². The van der Waals surface area contributed by atoms with Gasteiger partial charge in [-0.15, -0.1) is 0 Å². The second-order valence-corrected chi connectivity index (χ2v) is 6.33. The van der Waals surface area contributed by atoms with Crippen molar-refractivity contribution in [3.8, 4) is 0 Å². The smallest absolute Gasteiger partial charge is 0.227 e. The number of benzene rings is 1. The molecule has 1 heterocycles. The monoisotopic (exact) mass is 272 g/mol. The van der Waals surface area contributed by atoms with E-state index in [1.54, 1.807) is 0 Å². The molecule has 0 atom stereocenters. The van der Waals surface area contributed by atoms with Gasteiger partial charge in [-0.25, -0.2) is 0 Å². The van der Waals surface area contributed by atoms with Gasteiger partial charge in [0.15, 0.2) is 0 Å². The van der Waals surface area contributed by atoms with Gasteiger partial charge in [-0.2, -0.15) is 0 Å². The van der Waals surface area contributed by atoms with Crippen LogP contribution in [-0.4, -0.2) is 19.0 Å². The third-order valence-corrected chi connectivity index (χ3v) is 4.76. The van der Waals surface area contributed by atoms with Crippen LogP contribution in [0.1, 0.15) is 39.0 Å². The highest BCUT2D eigenvalue weighted by atomic mass is 16.1. The van der Waals surface area contributed by atoms with Crippen LogP contribution in [0.2, 0.25) is 0 Å². The Morgan fingerprint density at radius 3 is 2.30 bits per heavy atom. The number of carbonyl (C=O) groups is 1. The molecule has 2 aliphatic rings. The average Bonchev–Trinajstić information content (AvgIpc) is 2.38. The number of carbonyl (C=O) groups excluding carboxylic acids is 1. The first-order valence-electron chi connectivity index (χ1n) is 7.88. The fraction of sp³-hybridized carbons (Fsp3) is 0.588. The summed E-state index contributed by atoms with van der Waals surface area (Å²) in [6, 6.07) is 8.33. The van der Waals surface area contributed by atoms with Crippen molar-refractivity contribution in [1.82, 2.24) is 0 Å². The van der Waals surface area contributed by atoms with Crippen LogP contribution in [0.4, 0.5) is 11.4 Å². The summed E-state index contributed by atoms with van der Waals surface area (Å²) in [4.78, 5) is 14.3. The second-order valence-electron chi connectivity index (χ2n) is 6.33. The van der Waals surface area contributed by atoms with E-state index in [4.69, 9.17) is 0 Å². The highest BCUT2D eigenvalue weighted by Crippen LogP contribution is 2.28. The SMILES string of the molecule is CC1CCN(c2ccc(NC(=O)C3CCC3)cc2)CC1. The summed E-state index contributed by atoms with van der Waals surface area (Å²) in [6.07, 6.45) is 5.86. The molecule has 3 rings (SSSR count). The molecule has 0 radical (unpaired) electrons. The van der Waals surface area contributed by atoms with Crippen LogP contribution in [0.3, 0.4) is 0 Å². The number of hydrogen-bond donors (Lipinski definition) is 1. The quantitative estimate of drug-likeness (QED) is 0.910. The van der Waals surface area contributed by atoms with Crippen LogP contribution in [0, 0.1) is 11.8 Å². The van der Waals surface area contributed by atoms with E-state index in [0.717, 1.165) is 37.5 Å². The molecule has 0 aromatic heterocycles. The molecule has 0 bridgehead atoms. The Morgan fingerprint density at radius 2 is 1.75 bits per heavy atom. The molecule has 0 spiro atoms. The Morgan fingerprint density at radius 1 is 1.10 bits per heavy atom. The van der Waals surface area contributed by atoms with E-state index in [1.807, 2.05) is 12.1 Å². The average molecular weight is 272 g/mol. The topological polar surface area (TPSA) is 32.3 Å². The predicted octanol–water partition coefficient (Wildman–Crippen LogP) is 3.66. The molecular formula is C17H24N2O. The van der Waals surface area contributed by atoms with Gasteiger partial charge in [0, 0.05) is 30.4 Å². The van der Waals surface area contributed by atoms with E-state index < -0.39 is 0 Å². The molecule has 0 unspecified atom stereocenters. The number of piperidine rings is 1. The zero-order valence-corrected chi connectivity index (χ0v) is 12.3. The molecule has 1 saturated carbocycles. The molecule has 1 N–H and O–H groups in total. The maximum Gasteiger partial charge on any atom is 0.227 e. The minimum Gasteiger partial charge on any atom is -0.372 e. The van der Waals surface area contributed by atoms with Gasteiger partial charge in [-0.05, 0) is 55.9 Å². The number of nitrogens with one attached hydrogen (secondary N) is 1. The summed E-state index contributed by atoms with van der Waals surface area (Å²) in [5.41, 5.74) is 2.20. The van der Waals surface area contributed by atoms with Gasteiger partial charge < -0.3 is 10.2 Å². The molecule has 108 valence electrons. The van der Waals surface area contributed by atoms with Crippen molar-refractivity contribution < 1.29 is 4.79 Å². The van der Waals surface area contributed by atoms with Gasteiger partial charge in [0.05, 0.1) is 0 Å². The number of amides is 1. The molecule has 2 fully saturated rings. The lowest BCUT2D eigenvalue weighted by Crippen LogP contribution is -2.32. The molecule has 3 heteroatoms. The van der Waals surface area contributed by atoms with Crippen molar-refractivity contribution in [1.29, 1.82) is 0 Å². The lowest BCUT2D eigenvalue weighted by atomic mass is 9.85. The fourth-order valence-corrected chi connectivity index (χ4v) is 2.94. The van der Waals surface area contributed by atoms with Gasteiger partial charge in [-0.3, -0.25) is 4.79 Å². The number of rotatable bonds is 3. The summed E-state index contributed by atoms with van der Waals surface area (Å²) in [6.45, 7) is 4.63. The lowest BCUT2D eigenvalue weighted by molar-refractivity contribution is -0.122. The summed E-state index contributed by atoms with van der Waals surface area (Å²) >= 11 is 0. The Bertz CT molecular complexity index is 456. The zero-order chi connectivity index (χ0) is 13.9. The summed E-state index contributed by atoms with van der Waals surface area (Å²) in [7, 11) is 0. The molecule has 20 heavy (non-hydrogen) atoms. The molecular weight excluding hydrogens is 248 g/mol. The predicted molar refractivity (Wildman–Crippen MR) is 83.0 cm³/mol. The fourth-order valence-electron chi connectivity index (χ4n) is 2.94. The van der Waals surface area contributed by atoms with E-state index in [2.05, 4.69) is 29.3 Å². The lowest BCUT2D eigenvalue weighted by Gasteiger charge is -2.32. The van der Waals surface area contributed by atoms with Crippen molar-refractivity contribution >= 4 is 17.3 Å². The van der Waals surface area contributed by atoms with Crippen LogP contribution in [-0.2, 0) is 4.79 Å². The third kappa shape index (κ3) is 2.97. The highest BCUT2D eigenvalue weighted by Gasteiger charge is 2.25. The first kappa shape index (κ1) is 13.5. The maximum atomic E-state index is 11.9. The maximum absolute atomic E-state index is 11.9. The largest absolute Gasteiger partial charge is 0.372 e. The van der Waals surface area contributed by atoms with E-state index in [9.17, 15) is 4.79 Å². The van der Waals surface area contributed by atoms with E-state index in [-0.39, 0.29) is 11.8 Å². The molecule has 1 aliphatic carbocycles. The number of hydrogen-bond acceptors (Lipinski definition) is 2. The zero-order valence-electron chi connectivity index (χ0n) is 12.3. The van der Waals surface area contributed by atoms with Crippen molar-refractivity contribution in [3.63, 3.8) is 0 Å². The normalized spacial score (nSPS) is 20.6. The molecule has 1 aliphatic heterocycles. The molecule has 1 saturated heterocycles. The Kier molecular flexibility index (Phi) is 3.95. The summed E-state index contributed by atoms with van der Waals surface area (Å²) < 4.78 is 0. The van der Waals surface area contributed by atoms with E-state index >= 15 is 0 Å². The Balaban J connectivity index is 1.58. The standard InChI is InChI=1S/C17H24N2O/c1-13-9-11-19(12-10-13)16-7-5-15(6-8-16)18-17(20)14-3-2-4-14/h5-8,13-14H,2-4,9-12H2,1H3,(H,18,20). The van der Waals surface area contributed by atoms with Crippen LogP contribution in [0.5, 0.6) is 0 Å². The molecule has 1 aromatic carbocycles. The number of anilines is 2. The minimum atomic E-state index is 0.191. The second kappa shape index (κ2) is 5.86. The van der Waals surface area contributed by atoms with E-state index in [0.29, 0.717) is 0 Å². The van der Waals surface area contributed by atoms with Crippen LogP contribution < -0.4 is 10.2 Å². The van der Waals surface area contributed by atoms with Crippen molar-refractivity contribution in [2.75, 3.05) is 23.3 Å². The van der Waals surface area contributed by atoms with Crippen LogP contribution >= 0.6 is 0 Å². The molecule has 1 aromatic rings.